The van der Waals surface area contributed by atoms with Crippen LogP contribution < -0.4 is 0 Å². The zero-order valence-electron chi connectivity index (χ0n) is 43.0. The van der Waals surface area contributed by atoms with Crippen LogP contribution in [0.25, 0.3) is 21.5 Å². The number of Topliss-reactive ketones (excluding diaryl/α,β-unsaturated/α-hetero) is 1. The van der Waals surface area contributed by atoms with Gasteiger partial charge in [0.1, 0.15) is 24.6 Å². The number of aliphatic hydroxyl groups is 4. The molecule has 1 saturated carbocycles. The standard InChI is InChI=1S/C54H82N2O12/c1-15-38-26-43(57)32(4)47(67-44-28-52(8,62-13)49(60)35(7)66-44)34(6)50(68-51-46(58)42(56(11)12)24-31(3)65-51)53(9,63-14)27-30(2)45(33(5)48(59)54(38,10)61)55-64-29-41-39-22-18-16-20-36(39)25-37-21-17-19-23-40(37)41/h16-23,25,30-35,38,42,44,46-51,58-61H,15,24,26-29H2,1-14H3/b55-45+/t30-,31-,32+,33+,34+,35+,38+,42+,44+,46-,47-,48-,49+,50-,51+,52-,53-,54-/m1/s1. The molecule has 2 aliphatic heterocycles. The van der Waals surface area contributed by atoms with Crippen LogP contribution in [-0.4, -0.2) is 143 Å². The summed E-state index contributed by atoms with van der Waals surface area (Å²) >= 11 is 0. The number of fused-ring (bicyclic) bond motifs is 2. The van der Waals surface area contributed by atoms with Crippen LogP contribution in [0, 0.1) is 29.6 Å². The molecule has 3 aromatic carbocycles. The minimum Gasteiger partial charge on any atom is -0.391 e. The summed E-state index contributed by atoms with van der Waals surface area (Å²) in [6.07, 6.45) is -6.69. The lowest BCUT2D eigenvalue weighted by molar-refractivity contribution is -0.318. The molecular weight excluding hydrogens is 869 g/mol. The first-order valence-electron chi connectivity index (χ1n) is 24.8. The zero-order chi connectivity index (χ0) is 50.0. The Balaban J connectivity index is 1.48. The van der Waals surface area contributed by atoms with Gasteiger partial charge < -0.3 is 58.6 Å². The summed E-state index contributed by atoms with van der Waals surface area (Å²) in [6.45, 7) is 18.7. The number of rotatable bonds is 11. The number of hydrogen-bond acceptors (Lipinski definition) is 14. The minimum absolute atomic E-state index is 0.0658. The maximum Gasteiger partial charge on any atom is 0.185 e. The van der Waals surface area contributed by atoms with E-state index in [4.69, 9.17) is 38.4 Å². The molecule has 14 nitrogen and oxygen atoms in total. The summed E-state index contributed by atoms with van der Waals surface area (Å²) in [6, 6.07) is 18.2. The fourth-order valence-corrected chi connectivity index (χ4v) is 11.6. The topological polar surface area (TPSA) is 178 Å². The van der Waals surface area contributed by atoms with Crippen LogP contribution in [0.3, 0.4) is 0 Å². The molecule has 0 bridgehead atoms. The van der Waals surface area contributed by atoms with Crippen molar-refractivity contribution in [3.63, 3.8) is 0 Å². The molecule has 3 aliphatic rings. The van der Waals surface area contributed by atoms with Crippen molar-refractivity contribution in [2.45, 2.75) is 186 Å². The number of benzene rings is 3. The molecule has 0 spiro atoms. The largest absolute Gasteiger partial charge is 0.391 e. The van der Waals surface area contributed by atoms with Crippen molar-refractivity contribution in [3.8, 4) is 0 Å². The van der Waals surface area contributed by atoms with Crippen molar-refractivity contribution in [2.24, 2.45) is 34.7 Å². The SMILES string of the molecule is CC[C@H]1CC(=O)[C@H](C)[C@@H](O[C@H]2C[C@@](C)(OC)[C@@H](O)[C@H](C)O2)[C@H](C)[C@@H](O[C@@H]2O[C@H](C)C[C@H](N(C)C)[C@H]2O)[C@](C)(OC)C[C@@H](C)/C(=N\OCc2c3ccccc3cc3ccccc23)[C@H](C)[C@@H](O)[C@]1(C)O. The lowest BCUT2D eigenvalue weighted by atomic mass is 9.69. The average Bonchev–Trinajstić information content (AvgIpc) is 3.31. The Kier molecular flexibility index (Phi) is 17.6. The highest BCUT2D eigenvalue weighted by Crippen LogP contribution is 2.43. The molecular formula is C54H82N2O12. The minimum atomic E-state index is -1.73. The van der Waals surface area contributed by atoms with Crippen LogP contribution in [0.2, 0.25) is 0 Å². The number of aliphatic hydroxyl groups excluding tert-OH is 3. The number of nitrogens with zero attached hydrogens (tertiary/aromatic N) is 2. The van der Waals surface area contributed by atoms with Gasteiger partial charge in [0.25, 0.3) is 0 Å². The van der Waals surface area contributed by atoms with Gasteiger partial charge in [0.15, 0.2) is 12.6 Å². The van der Waals surface area contributed by atoms with Crippen LogP contribution in [0.1, 0.15) is 107 Å². The molecule has 0 radical (unpaired) electrons. The molecule has 14 heteroatoms. The number of ketones is 1. The molecule has 4 N–H and O–H groups in total. The summed E-state index contributed by atoms with van der Waals surface area (Å²) < 4.78 is 39.3. The lowest BCUT2D eigenvalue weighted by Crippen LogP contribution is -2.61. The summed E-state index contributed by atoms with van der Waals surface area (Å²) in [7, 11) is 6.99. The molecule has 1 aliphatic carbocycles. The van der Waals surface area contributed by atoms with Gasteiger partial charge in [-0.25, -0.2) is 0 Å². The van der Waals surface area contributed by atoms with Crippen LogP contribution in [0.4, 0.5) is 0 Å². The normalized spacial score (nSPS) is 41.0. The second-order valence-electron chi connectivity index (χ2n) is 21.3. The molecule has 0 unspecified atom stereocenters. The van der Waals surface area contributed by atoms with E-state index in [1.165, 1.54) is 0 Å². The van der Waals surface area contributed by atoms with Gasteiger partial charge in [-0.2, -0.15) is 0 Å². The maximum absolute atomic E-state index is 14.9. The number of carbonyl (C=O) groups excluding carboxylic acids is 1. The number of likely N-dealkylation sites (N-methyl/N-ethyl adjacent to an activating group) is 1. The van der Waals surface area contributed by atoms with E-state index < -0.39 is 95.6 Å². The Bertz CT molecular complexity index is 2130. The number of methoxy groups -OCH3 is 2. The molecule has 0 amide bonds. The number of oxime groups is 1. The second kappa shape index (κ2) is 22.1. The molecule has 2 heterocycles. The quantitative estimate of drug-likeness (QED) is 0.110. The highest BCUT2D eigenvalue weighted by Gasteiger charge is 2.53. The smallest absolute Gasteiger partial charge is 0.185 e. The molecule has 6 rings (SSSR count). The fraction of sp³-hybridized carbons (Fsp3) is 0.704. The zero-order valence-corrected chi connectivity index (χ0v) is 43.0. The summed E-state index contributed by atoms with van der Waals surface area (Å²) in [5, 5.41) is 57.0. The van der Waals surface area contributed by atoms with E-state index in [0.717, 1.165) is 27.1 Å². The Morgan fingerprint density at radius 2 is 1.41 bits per heavy atom. The third kappa shape index (κ3) is 11.2. The Labute approximate surface area is 404 Å². The van der Waals surface area contributed by atoms with Crippen molar-refractivity contribution in [2.75, 3.05) is 28.3 Å². The van der Waals surface area contributed by atoms with Gasteiger partial charge in [-0.15, -0.1) is 0 Å². The van der Waals surface area contributed by atoms with Gasteiger partial charge >= 0.3 is 0 Å². The predicted octanol–water partition coefficient (Wildman–Crippen LogP) is 7.41. The van der Waals surface area contributed by atoms with Crippen molar-refractivity contribution in [3.05, 3.63) is 60.2 Å². The van der Waals surface area contributed by atoms with E-state index >= 15 is 0 Å². The van der Waals surface area contributed by atoms with Gasteiger partial charge in [0, 0.05) is 62.3 Å². The van der Waals surface area contributed by atoms with Crippen molar-refractivity contribution < 1.29 is 58.5 Å². The lowest BCUT2D eigenvalue weighted by Gasteiger charge is -2.50. The van der Waals surface area contributed by atoms with Crippen LogP contribution in [0.15, 0.2) is 59.8 Å². The Morgan fingerprint density at radius 3 is 1.99 bits per heavy atom. The van der Waals surface area contributed by atoms with Crippen molar-refractivity contribution >= 4 is 33.0 Å². The van der Waals surface area contributed by atoms with Crippen LogP contribution in [0.5, 0.6) is 0 Å². The van der Waals surface area contributed by atoms with Gasteiger partial charge in [0.2, 0.25) is 0 Å². The van der Waals surface area contributed by atoms with E-state index in [9.17, 15) is 25.2 Å². The number of carbonyl (C=O) groups is 1. The first-order valence-corrected chi connectivity index (χ1v) is 24.8. The van der Waals surface area contributed by atoms with Gasteiger partial charge in [-0.3, -0.25) is 4.79 Å². The van der Waals surface area contributed by atoms with Crippen molar-refractivity contribution in [1.29, 1.82) is 0 Å². The molecule has 2 saturated heterocycles. The third-order valence-electron chi connectivity index (χ3n) is 16.2. The third-order valence-corrected chi connectivity index (χ3v) is 16.2. The Morgan fingerprint density at radius 1 is 0.809 bits per heavy atom. The second-order valence-corrected chi connectivity index (χ2v) is 21.3. The van der Waals surface area contributed by atoms with E-state index in [1.807, 2.05) is 98.7 Å². The highest BCUT2D eigenvalue weighted by molar-refractivity contribution is 6.02. The average molecular weight is 951 g/mol. The number of hydrogen-bond donors (Lipinski definition) is 4. The van der Waals surface area contributed by atoms with E-state index in [0.29, 0.717) is 18.6 Å². The molecule has 380 valence electrons. The number of ether oxygens (including phenoxy) is 6. The molecule has 3 fully saturated rings. The summed E-state index contributed by atoms with van der Waals surface area (Å²) in [4.78, 5) is 23.3. The maximum atomic E-state index is 14.9. The monoisotopic (exact) mass is 951 g/mol. The fourth-order valence-electron chi connectivity index (χ4n) is 11.6. The van der Waals surface area contributed by atoms with Gasteiger partial charge in [0.05, 0.1) is 53.0 Å². The van der Waals surface area contributed by atoms with E-state index in [-0.39, 0.29) is 43.8 Å². The predicted molar refractivity (Wildman–Crippen MR) is 263 cm³/mol. The van der Waals surface area contributed by atoms with E-state index in [2.05, 4.69) is 30.3 Å². The van der Waals surface area contributed by atoms with Crippen LogP contribution in [-0.2, 0) is 44.7 Å². The first kappa shape index (κ1) is 54.2. The summed E-state index contributed by atoms with van der Waals surface area (Å²) in [5.74, 6) is -3.48. The molecule has 0 aromatic heterocycles. The van der Waals surface area contributed by atoms with Crippen LogP contribution >= 0.6 is 0 Å². The highest BCUT2D eigenvalue weighted by atomic mass is 16.7. The van der Waals surface area contributed by atoms with Gasteiger partial charge in [-0.1, -0.05) is 94.7 Å². The van der Waals surface area contributed by atoms with Gasteiger partial charge in [-0.05, 0) is 95.1 Å². The molecule has 18 atom stereocenters. The Hall–Kier alpha value is -3.12. The van der Waals surface area contributed by atoms with E-state index in [1.54, 1.807) is 28.1 Å². The van der Waals surface area contributed by atoms with Crippen molar-refractivity contribution in [1.82, 2.24) is 4.90 Å². The molecule has 3 aromatic rings. The summed E-state index contributed by atoms with van der Waals surface area (Å²) in [5.41, 5.74) is -2.48. The first-order chi connectivity index (χ1) is 32.0. The molecule has 68 heavy (non-hydrogen) atoms.